The molecule has 6 rings (SSSR count). The summed E-state index contributed by atoms with van der Waals surface area (Å²) in [6, 6.07) is 4.75. The lowest BCUT2D eigenvalue weighted by Gasteiger charge is -2.62. The molecule has 1 heterocycles. The zero-order valence-corrected chi connectivity index (χ0v) is 22.5. The molecule has 1 aromatic rings. The van der Waals surface area contributed by atoms with Gasteiger partial charge >= 0.3 is 0 Å². The number of halogens is 1. The zero-order chi connectivity index (χ0) is 25.5. The molecule has 6 heteroatoms. The number of hydrogen-bond donors (Lipinski definition) is 2. The van der Waals surface area contributed by atoms with E-state index in [1.54, 1.807) is 11.1 Å². The highest BCUT2D eigenvalue weighted by atomic mass is 19.1. The molecule has 5 aliphatic rings. The van der Waals surface area contributed by atoms with E-state index in [-0.39, 0.29) is 17.2 Å². The van der Waals surface area contributed by atoms with Gasteiger partial charge in [-0.3, -0.25) is 14.8 Å². The Bertz CT molecular complexity index is 1050. The Morgan fingerprint density at radius 1 is 1.06 bits per heavy atom. The Kier molecular flexibility index (Phi) is 5.77. The van der Waals surface area contributed by atoms with Crippen molar-refractivity contribution in [3.8, 4) is 0 Å². The van der Waals surface area contributed by atoms with Crippen LogP contribution < -0.4 is 15.6 Å². The first kappa shape index (κ1) is 24.7. The molecule has 36 heavy (non-hydrogen) atoms. The number of ketones is 1. The van der Waals surface area contributed by atoms with Gasteiger partial charge in [0.25, 0.3) is 0 Å². The van der Waals surface area contributed by atoms with Crippen molar-refractivity contribution >= 4 is 17.2 Å². The fourth-order valence-corrected chi connectivity index (χ4v) is 9.84. The van der Waals surface area contributed by atoms with E-state index in [0.717, 1.165) is 61.7 Å². The maximum atomic E-state index is 13.8. The second kappa shape index (κ2) is 8.42. The van der Waals surface area contributed by atoms with Crippen molar-refractivity contribution in [3.63, 3.8) is 0 Å². The maximum Gasteiger partial charge on any atom is 0.157 e. The van der Waals surface area contributed by atoms with E-state index in [1.807, 2.05) is 12.1 Å². The van der Waals surface area contributed by atoms with Gasteiger partial charge in [-0.15, -0.1) is 5.53 Å². The number of benzene rings is 1. The number of anilines is 2. The van der Waals surface area contributed by atoms with Crippen molar-refractivity contribution in [3.05, 3.63) is 24.0 Å². The molecular weight excluding hydrogens is 453 g/mol. The van der Waals surface area contributed by atoms with Gasteiger partial charge in [0.15, 0.2) is 5.78 Å². The predicted molar refractivity (Wildman–Crippen MR) is 141 cm³/mol. The predicted octanol–water partition coefficient (Wildman–Crippen LogP) is 5.87. The molecule has 2 N–H and O–H groups in total. The van der Waals surface area contributed by atoms with E-state index in [9.17, 15) is 14.3 Å². The van der Waals surface area contributed by atoms with Crippen LogP contribution in [0.25, 0.3) is 0 Å². The fourth-order valence-electron chi connectivity index (χ4n) is 9.84. The maximum absolute atomic E-state index is 13.8. The van der Waals surface area contributed by atoms with Gasteiger partial charge in [0.1, 0.15) is 5.82 Å². The van der Waals surface area contributed by atoms with Gasteiger partial charge in [-0.05, 0) is 111 Å². The number of fused-ring (bicyclic) bond motifs is 6. The first-order chi connectivity index (χ1) is 17.1. The van der Waals surface area contributed by atoms with Gasteiger partial charge in [0.05, 0.1) is 23.5 Å². The lowest BCUT2D eigenvalue weighted by atomic mass is 9.43. The van der Waals surface area contributed by atoms with E-state index in [4.69, 9.17) is 0 Å². The second-order valence-corrected chi connectivity index (χ2v) is 13.5. The molecule has 4 fully saturated rings. The Hall–Kier alpha value is -1.66. The number of carbonyl (C=O) groups excluding carboxylic acids is 1. The molecule has 1 aromatic carbocycles. The van der Waals surface area contributed by atoms with Crippen LogP contribution in [0, 0.1) is 46.2 Å². The number of nitrogens with zero attached hydrogens (tertiary/aromatic N) is 2. The quantitative estimate of drug-likeness (QED) is 0.545. The Morgan fingerprint density at radius 2 is 1.83 bits per heavy atom. The average molecular weight is 498 g/mol. The number of carbonyl (C=O) groups is 1. The van der Waals surface area contributed by atoms with Gasteiger partial charge in [-0.1, -0.05) is 20.8 Å². The van der Waals surface area contributed by atoms with Gasteiger partial charge in [0.2, 0.25) is 0 Å². The van der Waals surface area contributed by atoms with Crippen molar-refractivity contribution < 1.29 is 14.3 Å². The third-order valence-electron chi connectivity index (χ3n) is 12.0. The van der Waals surface area contributed by atoms with Crippen LogP contribution in [-0.4, -0.2) is 30.1 Å². The third-order valence-corrected chi connectivity index (χ3v) is 12.0. The first-order valence-electron chi connectivity index (χ1n) is 14.4. The fraction of sp³-hybridized carbons (Fsp3) is 0.767. The zero-order valence-electron chi connectivity index (χ0n) is 22.5. The van der Waals surface area contributed by atoms with Gasteiger partial charge in [-0.25, -0.2) is 4.39 Å². The summed E-state index contributed by atoms with van der Waals surface area (Å²) in [5, 5.41) is 14.7. The molecule has 0 saturated heterocycles. The molecule has 5 nitrogen and oxygen atoms in total. The highest BCUT2D eigenvalue weighted by molar-refractivity contribution is 5.89. The largest absolute Gasteiger partial charge is 0.390 e. The molecule has 2 unspecified atom stereocenters. The molecule has 0 radical (unpaired) electrons. The molecule has 0 spiro atoms. The molecule has 198 valence electrons. The smallest absolute Gasteiger partial charge is 0.157 e. The number of rotatable bonds is 4. The van der Waals surface area contributed by atoms with Crippen LogP contribution in [0.4, 0.5) is 15.8 Å². The van der Waals surface area contributed by atoms with Gasteiger partial charge in [-0.2, -0.15) is 0 Å². The summed E-state index contributed by atoms with van der Waals surface area (Å²) >= 11 is 0. The van der Waals surface area contributed by atoms with Crippen molar-refractivity contribution in [1.29, 1.82) is 0 Å². The van der Waals surface area contributed by atoms with Crippen molar-refractivity contribution in [2.45, 2.75) is 90.6 Å². The number of hydrazine groups is 2. The van der Waals surface area contributed by atoms with E-state index >= 15 is 0 Å². The number of Topliss-reactive ketones (excluding diaryl/α,β-unsaturated/α-hetero) is 1. The lowest BCUT2D eigenvalue weighted by molar-refractivity contribution is -0.154. The van der Waals surface area contributed by atoms with Crippen molar-refractivity contribution in [2.24, 2.45) is 40.4 Å². The number of aliphatic hydroxyl groups is 1. The van der Waals surface area contributed by atoms with E-state index in [0.29, 0.717) is 29.6 Å². The summed E-state index contributed by atoms with van der Waals surface area (Å²) in [5.74, 6) is 2.88. The summed E-state index contributed by atoms with van der Waals surface area (Å²) < 4.78 is 13.8. The highest BCUT2D eigenvalue weighted by Gasteiger charge is 2.62. The minimum absolute atomic E-state index is 0.0809. The number of hydrogen-bond acceptors (Lipinski definition) is 5. The Balaban J connectivity index is 1.18. The molecule has 0 amide bonds. The number of nitrogens with one attached hydrogen (secondary N) is 1. The molecule has 8 atom stereocenters. The SMILES string of the molecule is CC[C@@]1(O)CCC2(C)[C@H](CCC3[C@@H]2CC[C@]2(C)[C@@H](C(=O)CN4NN(C)c5cc(F)ccc54)CC[C@@H]32)C1. The van der Waals surface area contributed by atoms with E-state index < -0.39 is 5.60 Å². The summed E-state index contributed by atoms with van der Waals surface area (Å²) in [6.07, 6.45) is 11.0. The minimum atomic E-state index is -0.451. The standard InChI is InChI=1S/C30H44FN3O2/c1-5-30(36)15-14-28(2)19(17-30)6-8-21-22-9-10-24(29(22,3)13-12-23(21)28)27(35)18-34-25-11-7-20(31)16-26(25)33(4)32-34/h7,11,16,19,21-24,32,36H,5-6,8-10,12-15,17-18H2,1-4H3/t19-,21?,22+,23+,24-,28?,29+,30-/m1/s1. The van der Waals surface area contributed by atoms with Crippen LogP contribution in [0.5, 0.6) is 0 Å². The van der Waals surface area contributed by atoms with Crippen LogP contribution >= 0.6 is 0 Å². The van der Waals surface area contributed by atoms with Crippen molar-refractivity contribution in [2.75, 3.05) is 23.6 Å². The summed E-state index contributed by atoms with van der Waals surface area (Å²) in [7, 11) is 1.86. The Labute approximate surface area is 215 Å². The minimum Gasteiger partial charge on any atom is -0.390 e. The molecule has 0 aromatic heterocycles. The third kappa shape index (κ3) is 3.57. The van der Waals surface area contributed by atoms with Crippen LogP contribution in [0.15, 0.2) is 18.2 Å². The van der Waals surface area contributed by atoms with Crippen LogP contribution in [-0.2, 0) is 4.79 Å². The van der Waals surface area contributed by atoms with Gasteiger partial charge < -0.3 is 5.11 Å². The molecule has 1 aliphatic heterocycles. The normalized spacial score (nSPS) is 43.6. The van der Waals surface area contributed by atoms with Crippen LogP contribution in [0.2, 0.25) is 0 Å². The summed E-state index contributed by atoms with van der Waals surface area (Å²) in [6.45, 7) is 7.42. The lowest BCUT2D eigenvalue weighted by Crippen LogP contribution is -2.56. The average Bonchev–Trinajstić information content (AvgIpc) is 3.36. The van der Waals surface area contributed by atoms with E-state index in [2.05, 4.69) is 26.3 Å². The highest BCUT2D eigenvalue weighted by Crippen LogP contribution is 2.68. The van der Waals surface area contributed by atoms with Crippen molar-refractivity contribution in [1.82, 2.24) is 5.53 Å². The van der Waals surface area contributed by atoms with Gasteiger partial charge in [0, 0.05) is 19.0 Å². The summed E-state index contributed by atoms with van der Waals surface area (Å²) in [5.41, 5.74) is 4.85. The van der Waals surface area contributed by atoms with Crippen LogP contribution in [0.1, 0.15) is 85.0 Å². The molecule has 4 saturated carbocycles. The van der Waals surface area contributed by atoms with Crippen LogP contribution in [0.3, 0.4) is 0 Å². The first-order valence-corrected chi connectivity index (χ1v) is 14.4. The second-order valence-electron chi connectivity index (χ2n) is 13.5. The van der Waals surface area contributed by atoms with E-state index in [1.165, 1.54) is 37.8 Å². The molecule has 4 aliphatic carbocycles. The topological polar surface area (TPSA) is 55.8 Å². The Morgan fingerprint density at radius 3 is 2.61 bits per heavy atom. The molecule has 0 bridgehead atoms. The monoisotopic (exact) mass is 497 g/mol. The summed E-state index contributed by atoms with van der Waals surface area (Å²) in [4.78, 5) is 13.8. The molecular formula is C30H44FN3O2.